The van der Waals surface area contributed by atoms with E-state index in [1.807, 2.05) is 0 Å². The van der Waals surface area contributed by atoms with Crippen molar-refractivity contribution in [3.8, 4) is 17.2 Å². The number of aliphatic hydroxyl groups is 1. The third kappa shape index (κ3) is 3.11. The van der Waals surface area contributed by atoms with Crippen LogP contribution >= 0.6 is 0 Å². The highest BCUT2D eigenvalue weighted by atomic mass is 16.5. The van der Waals surface area contributed by atoms with Gasteiger partial charge in [-0.1, -0.05) is 18.2 Å². The maximum Gasteiger partial charge on any atom is 0.169 e. The Balaban J connectivity index is 2.29. The van der Waals surface area contributed by atoms with Crippen molar-refractivity contribution in [2.24, 2.45) is 0 Å². The molecule has 0 aliphatic rings. The second-order valence-corrected chi connectivity index (χ2v) is 3.94. The fraction of sp³-hybridized carbons (Fsp3) is 0.133. The van der Waals surface area contributed by atoms with Crippen molar-refractivity contribution in [2.45, 2.75) is 6.61 Å². The average Bonchev–Trinajstić information content (AvgIpc) is 2.48. The van der Waals surface area contributed by atoms with Crippen LogP contribution in [0.15, 0.2) is 42.5 Å². The van der Waals surface area contributed by atoms with Crippen molar-refractivity contribution in [2.75, 3.05) is 7.11 Å². The minimum absolute atomic E-state index is 0.0583. The lowest BCUT2D eigenvalue weighted by Gasteiger charge is -2.11. The maximum atomic E-state index is 10.7. The largest absolute Gasteiger partial charge is 0.493 e. The normalized spacial score (nSPS) is 10.0. The molecule has 2 aromatic carbocycles. The first-order chi connectivity index (χ1) is 9.26. The first-order valence-corrected chi connectivity index (χ1v) is 5.77. The van der Waals surface area contributed by atoms with Crippen molar-refractivity contribution < 1.29 is 19.4 Å². The van der Waals surface area contributed by atoms with Crippen LogP contribution in [0.2, 0.25) is 0 Å². The van der Waals surface area contributed by atoms with Crippen molar-refractivity contribution in [3.05, 3.63) is 53.6 Å². The van der Waals surface area contributed by atoms with Gasteiger partial charge in [-0.2, -0.15) is 0 Å². The highest BCUT2D eigenvalue weighted by Gasteiger charge is 2.07. The molecule has 0 aliphatic heterocycles. The predicted molar refractivity (Wildman–Crippen MR) is 70.8 cm³/mol. The molecule has 0 saturated carbocycles. The van der Waals surface area contributed by atoms with Crippen LogP contribution in [0.3, 0.4) is 0 Å². The molecule has 0 radical (unpaired) electrons. The zero-order valence-electron chi connectivity index (χ0n) is 10.5. The molecule has 2 rings (SSSR count). The topological polar surface area (TPSA) is 55.8 Å². The Morgan fingerprint density at radius 1 is 1.16 bits per heavy atom. The van der Waals surface area contributed by atoms with Crippen molar-refractivity contribution >= 4 is 6.29 Å². The fourth-order valence-corrected chi connectivity index (χ4v) is 1.67. The van der Waals surface area contributed by atoms with Gasteiger partial charge in [0.15, 0.2) is 11.5 Å². The number of carbonyl (C=O) groups excluding carboxylic acids is 1. The quantitative estimate of drug-likeness (QED) is 0.838. The number of methoxy groups -OCH3 is 1. The van der Waals surface area contributed by atoms with Crippen LogP contribution in [0.1, 0.15) is 15.9 Å². The zero-order chi connectivity index (χ0) is 13.7. The number of ether oxygens (including phenoxy) is 2. The van der Waals surface area contributed by atoms with Crippen LogP contribution in [0.5, 0.6) is 17.2 Å². The lowest BCUT2D eigenvalue weighted by molar-refractivity contribution is 0.112. The number of rotatable bonds is 5. The van der Waals surface area contributed by atoms with Crippen molar-refractivity contribution in [1.82, 2.24) is 0 Å². The van der Waals surface area contributed by atoms with Crippen molar-refractivity contribution in [3.63, 3.8) is 0 Å². The van der Waals surface area contributed by atoms with Crippen LogP contribution < -0.4 is 9.47 Å². The number of hydrogen-bond donors (Lipinski definition) is 1. The summed E-state index contributed by atoms with van der Waals surface area (Å²) >= 11 is 0. The standard InChI is InChI=1S/C15H14O4/c1-18-15-8-12(10-17)5-6-14(15)19-13-4-2-3-11(7-13)9-16/h2-9,17H,10H2,1H3. The molecule has 1 N–H and O–H groups in total. The summed E-state index contributed by atoms with van der Waals surface area (Å²) in [6, 6.07) is 12.0. The molecule has 0 aromatic heterocycles. The molecule has 4 heteroatoms. The first-order valence-electron chi connectivity index (χ1n) is 5.77. The van der Waals surface area contributed by atoms with E-state index < -0.39 is 0 Å². The minimum atomic E-state index is -0.0583. The van der Waals surface area contributed by atoms with E-state index in [0.717, 1.165) is 11.8 Å². The van der Waals surface area contributed by atoms with E-state index in [1.54, 1.807) is 42.5 Å². The van der Waals surface area contributed by atoms with E-state index in [2.05, 4.69) is 0 Å². The lowest BCUT2D eigenvalue weighted by atomic mass is 10.2. The molecule has 0 atom stereocenters. The van der Waals surface area contributed by atoms with Gasteiger partial charge in [-0.15, -0.1) is 0 Å². The van der Waals surface area contributed by atoms with E-state index >= 15 is 0 Å². The van der Waals surface area contributed by atoms with Gasteiger partial charge >= 0.3 is 0 Å². The van der Waals surface area contributed by atoms with Crippen LogP contribution in [0.25, 0.3) is 0 Å². The summed E-state index contributed by atoms with van der Waals surface area (Å²) in [6.45, 7) is -0.0583. The average molecular weight is 258 g/mol. The summed E-state index contributed by atoms with van der Waals surface area (Å²) < 4.78 is 10.9. The monoisotopic (exact) mass is 258 g/mol. The van der Waals surface area contributed by atoms with Gasteiger partial charge in [-0.25, -0.2) is 0 Å². The van der Waals surface area contributed by atoms with Gasteiger partial charge in [0, 0.05) is 5.56 Å². The Morgan fingerprint density at radius 2 is 2.00 bits per heavy atom. The Morgan fingerprint density at radius 3 is 2.68 bits per heavy atom. The Bertz CT molecular complexity index is 578. The zero-order valence-corrected chi connectivity index (χ0v) is 10.5. The van der Waals surface area contributed by atoms with Crippen LogP contribution in [-0.2, 0) is 6.61 Å². The smallest absolute Gasteiger partial charge is 0.169 e. The summed E-state index contributed by atoms with van der Waals surface area (Å²) in [4.78, 5) is 10.7. The second kappa shape index (κ2) is 6.02. The van der Waals surface area contributed by atoms with E-state index in [0.29, 0.717) is 22.8 Å². The van der Waals surface area contributed by atoms with Gasteiger partial charge in [0.25, 0.3) is 0 Å². The third-order valence-corrected chi connectivity index (χ3v) is 2.63. The molecule has 0 spiro atoms. The minimum Gasteiger partial charge on any atom is -0.493 e. The van der Waals surface area contributed by atoms with Crippen molar-refractivity contribution in [1.29, 1.82) is 0 Å². The number of aldehydes is 1. The molecule has 0 unspecified atom stereocenters. The molecule has 2 aromatic rings. The molecule has 19 heavy (non-hydrogen) atoms. The van der Waals surface area contributed by atoms with Gasteiger partial charge in [-0.05, 0) is 29.8 Å². The third-order valence-electron chi connectivity index (χ3n) is 2.63. The Labute approximate surface area is 111 Å². The van der Waals surface area contributed by atoms with Gasteiger partial charge in [-0.3, -0.25) is 4.79 Å². The van der Waals surface area contributed by atoms with E-state index in [-0.39, 0.29) is 6.61 Å². The number of carbonyl (C=O) groups is 1. The molecule has 4 nitrogen and oxygen atoms in total. The van der Waals surface area contributed by atoms with E-state index in [1.165, 1.54) is 7.11 Å². The molecule has 0 heterocycles. The molecule has 0 bridgehead atoms. The molecule has 98 valence electrons. The maximum absolute atomic E-state index is 10.7. The fourth-order valence-electron chi connectivity index (χ4n) is 1.67. The highest BCUT2D eigenvalue weighted by molar-refractivity contribution is 5.75. The molecular formula is C15H14O4. The summed E-state index contributed by atoms with van der Waals surface area (Å²) in [5, 5.41) is 9.07. The van der Waals surface area contributed by atoms with Gasteiger partial charge in [0.05, 0.1) is 13.7 Å². The molecule has 0 saturated heterocycles. The predicted octanol–water partition coefficient (Wildman–Crippen LogP) is 2.79. The van der Waals surface area contributed by atoms with Gasteiger partial charge in [0.2, 0.25) is 0 Å². The summed E-state index contributed by atoms with van der Waals surface area (Å²) in [7, 11) is 1.53. The summed E-state index contributed by atoms with van der Waals surface area (Å²) in [6.07, 6.45) is 0.763. The Hall–Kier alpha value is -2.33. The summed E-state index contributed by atoms with van der Waals surface area (Å²) in [5.74, 6) is 1.62. The molecular weight excluding hydrogens is 244 g/mol. The first kappa shape index (κ1) is 13.1. The molecule has 0 aliphatic carbocycles. The Kier molecular flexibility index (Phi) is 4.15. The second-order valence-electron chi connectivity index (χ2n) is 3.94. The van der Waals surface area contributed by atoms with E-state index in [4.69, 9.17) is 14.6 Å². The number of hydrogen-bond acceptors (Lipinski definition) is 4. The lowest BCUT2D eigenvalue weighted by Crippen LogP contribution is -1.93. The summed E-state index contributed by atoms with van der Waals surface area (Å²) in [5.41, 5.74) is 1.29. The van der Waals surface area contributed by atoms with E-state index in [9.17, 15) is 4.79 Å². The van der Waals surface area contributed by atoms with Crippen LogP contribution in [0.4, 0.5) is 0 Å². The number of benzene rings is 2. The SMILES string of the molecule is COc1cc(CO)ccc1Oc1cccc(C=O)c1. The highest BCUT2D eigenvalue weighted by Crippen LogP contribution is 2.32. The molecule has 0 amide bonds. The van der Waals surface area contributed by atoms with Gasteiger partial charge < -0.3 is 14.6 Å². The molecule has 0 fully saturated rings. The van der Waals surface area contributed by atoms with Crippen LogP contribution in [0, 0.1) is 0 Å². The van der Waals surface area contributed by atoms with Crippen LogP contribution in [-0.4, -0.2) is 18.5 Å². The van der Waals surface area contributed by atoms with Gasteiger partial charge in [0.1, 0.15) is 12.0 Å². The number of aliphatic hydroxyl groups excluding tert-OH is 1.